The molecule has 0 unspecified atom stereocenters. The van der Waals surface area contributed by atoms with Crippen LogP contribution in [0.3, 0.4) is 0 Å². The smallest absolute Gasteiger partial charge is 0.175 e. The normalized spacial score (nSPS) is 14.0. The molecule has 0 saturated heterocycles. The summed E-state index contributed by atoms with van der Waals surface area (Å²) in [4.78, 5) is 2.27. The molecule has 5 nitrogen and oxygen atoms in total. The first-order chi connectivity index (χ1) is 14.4. The molecule has 0 aromatic heterocycles. The van der Waals surface area contributed by atoms with Gasteiger partial charge >= 0.3 is 0 Å². The molecule has 0 aliphatic carbocycles. The number of rotatable bonds is 6. The van der Waals surface area contributed by atoms with Gasteiger partial charge in [0.15, 0.2) is 16.6 Å². The van der Waals surface area contributed by atoms with Crippen molar-refractivity contribution in [2.45, 2.75) is 4.90 Å². The molecule has 0 saturated carbocycles. The van der Waals surface area contributed by atoms with Gasteiger partial charge in [-0.25, -0.2) is 12.8 Å². The fraction of sp³-hybridized carbons (Fsp3) is 0.130. The first kappa shape index (κ1) is 20.0. The van der Waals surface area contributed by atoms with Crippen LogP contribution in [-0.4, -0.2) is 33.0 Å². The molecular weight excluding hydrogens is 403 g/mol. The summed E-state index contributed by atoms with van der Waals surface area (Å²) in [6.45, 7) is 0.799. The number of nitrogens with zero attached hydrogens (tertiary/aromatic N) is 1. The van der Waals surface area contributed by atoms with Crippen molar-refractivity contribution in [1.82, 2.24) is 10.2 Å². The summed E-state index contributed by atoms with van der Waals surface area (Å²) >= 11 is 0. The maximum Gasteiger partial charge on any atom is 0.175 e. The lowest BCUT2D eigenvalue weighted by Crippen LogP contribution is -2.27. The van der Waals surface area contributed by atoms with Crippen molar-refractivity contribution in [2.75, 3.05) is 19.7 Å². The molecule has 154 valence electrons. The molecule has 1 heterocycles. The van der Waals surface area contributed by atoms with E-state index in [1.165, 1.54) is 18.4 Å². The third-order valence-corrected chi connectivity index (χ3v) is 5.95. The van der Waals surface area contributed by atoms with Gasteiger partial charge in [-0.2, -0.15) is 0 Å². The number of nitrogens with one attached hydrogen (secondary N) is 1. The van der Waals surface area contributed by atoms with Gasteiger partial charge < -0.3 is 15.0 Å². The molecule has 3 aromatic rings. The van der Waals surface area contributed by atoms with Crippen molar-refractivity contribution >= 4 is 21.2 Å². The molecular formula is C23H21FN2O3S. The van der Waals surface area contributed by atoms with Crippen LogP contribution in [0.4, 0.5) is 4.39 Å². The number of para-hydroxylation sites is 1. The van der Waals surface area contributed by atoms with Crippen LogP contribution in [0.5, 0.6) is 5.75 Å². The van der Waals surface area contributed by atoms with Crippen LogP contribution >= 0.6 is 0 Å². The molecule has 1 aliphatic rings. The number of hydrogen-bond donors (Lipinski definition) is 1. The molecule has 1 N–H and O–H groups in total. The minimum atomic E-state index is -3.28. The third-order valence-electron chi connectivity index (χ3n) is 4.82. The van der Waals surface area contributed by atoms with Crippen molar-refractivity contribution in [3.8, 4) is 5.75 Å². The van der Waals surface area contributed by atoms with E-state index in [-0.39, 0.29) is 10.7 Å². The lowest BCUT2D eigenvalue weighted by atomic mass is 10.1. The zero-order valence-corrected chi connectivity index (χ0v) is 17.2. The van der Waals surface area contributed by atoms with E-state index in [1.54, 1.807) is 36.4 Å². The highest BCUT2D eigenvalue weighted by Crippen LogP contribution is 2.32. The van der Waals surface area contributed by atoms with E-state index in [4.69, 9.17) is 4.74 Å². The second kappa shape index (κ2) is 8.20. The fourth-order valence-corrected chi connectivity index (χ4v) is 3.95. The van der Waals surface area contributed by atoms with Gasteiger partial charge in [0.1, 0.15) is 11.6 Å². The van der Waals surface area contributed by atoms with Crippen molar-refractivity contribution in [1.29, 1.82) is 0 Å². The van der Waals surface area contributed by atoms with E-state index in [0.29, 0.717) is 13.4 Å². The predicted molar refractivity (Wildman–Crippen MR) is 115 cm³/mol. The Hall–Kier alpha value is -3.32. The Balaban J connectivity index is 1.71. The van der Waals surface area contributed by atoms with E-state index >= 15 is 0 Å². The van der Waals surface area contributed by atoms with Gasteiger partial charge in [0.2, 0.25) is 0 Å². The molecule has 30 heavy (non-hydrogen) atoms. The molecule has 4 rings (SSSR count). The Morgan fingerprint density at radius 3 is 2.20 bits per heavy atom. The van der Waals surface area contributed by atoms with Crippen molar-refractivity contribution in [2.24, 2.45) is 0 Å². The largest absolute Gasteiger partial charge is 0.473 e. The van der Waals surface area contributed by atoms with Crippen LogP contribution in [0, 0.1) is 5.82 Å². The summed E-state index contributed by atoms with van der Waals surface area (Å²) in [5, 5.41) is 3.36. The summed E-state index contributed by atoms with van der Waals surface area (Å²) in [5.74, 6) is 0.445. The number of hydrogen-bond acceptors (Lipinski definition) is 5. The molecule has 0 spiro atoms. The Morgan fingerprint density at radius 2 is 1.57 bits per heavy atom. The fourth-order valence-electron chi connectivity index (χ4n) is 3.32. The lowest BCUT2D eigenvalue weighted by molar-refractivity contribution is 0.186. The molecule has 7 heteroatoms. The highest BCUT2D eigenvalue weighted by molar-refractivity contribution is 7.90. The maximum absolute atomic E-state index is 13.4. The first-order valence-electron chi connectivity index (χ1n) is 9.39. The maximum atomic E-state index is 13.4. The van der Waals surface area contributed by atoms with E-state index in [1.807, 2.05) is 35.2 Å². The second-order valence-electron chi connectivity index (χ2n) is 6.99. The van der Waals surface area contributed by atoms with Crippen LogP contribution in [0.1, 0.15) is 11.1 Å². The number of benzene rings is 3. The average Bonchev–Trinajstić information content (AvgIpc) is 3.17. The second-order valence-corrected chi connectivity index (χ2v) is 9.00. The highest BCUT2D eigenvalue weighted by atomic mass is 32.2. The van der Waals surface area contributed by atoms with Crippen molar-refractivity contribution in [3.63, 3.8) is 0 Å². The predicted octanol–water partition coefficient (Wildman–Crippen LogP) is 3.95. The van der Waals surface area contributed by atoms with Crippen molar-refractivity contribution in [3.05, 3.63) is 95.8 Å². The van der Waals surface area contributed by atoms with E-state index < -0.39 is 9.84 Å². The molecule has 0 bridgehead atoms. The summed E-state index contributed by atoms with van der Waals surface area (Å²) in [6.07, 6.45) is 1.18. The molecule has 1 aliphatic heterocycles. The zero-order valence-electron chi connectivity index (χ0n) is 16.4. The highest BCUT2D eigenvalue weighted by Gasteiger charge is 2.25. The van der Waals surface area contributed by atoms with E-state index in [9.17, 15) is 12.8 Å². The summed E-state index contributed by atoms with van der Waals surface area (Å²) < 4.78 is 43.0. The van der Waals surface area contributed by atoms with E-state index in [2.05, 4.69) is 5.32 Å². The topological polar surface area (TPSA) is 58.6 Å². The molecule has 0 fully saturated rings. The summed E-state index contributed by atoms with van der Waals surface area (Å²) in [7, 11) is -3.28. The summed E-state index contributed by atoms with van der Waals surface area (Å²) in [5.41, 5.74) is 3.36. The molecule has 0 amide bonds. The Kier molecular flexibility index (Phi) is 5.46. The van der Waals surface area contributed by atoms with Gasteiger partial charge in [0, 0.05) is 11.8 Å². The Bertz CT molecular complexity index is 1160. The minimum Gasteiger partial charge on any atom is -0.473 e. The van der Waals surface area contributed by atoms with Crippen LogP contribution in [0.2, 0.25) is 0 Å². The zero-order chi connectivity index (χ0) is 21.1. The molecule has 3 aromatic carbocycles. The lowest BCUT2D eigenvalue weighted by Gasteiger charge is -2.22. The Morgan fingerprint density at radius 1 is 0.933 bits per heavy atom. The number of ether oxygens (including phenoxy) is 1. The van der Waals surface area contributed by atoms with Gasteiger partial charge in [0.25, 0.3) is 0 Å². The Labute approximate surface area is 175 Å². The number of halogens is 1. The molecule has 0 radical (unpaired) electrons. The van der Waals surface area contributed by atoms with Crippen molar-refractivity contribution < 1.29 is 17.5 Å². The van der Waals surface area contributed by atoms with E-state index in [0.717, 1.165) is 28.3 Å². The van der Waals surface area contributed by atoms with Gasteiger partial charge in [-0.05, 0) is 54.1 Å². The van der Waals surface area contributed by atoms with Gasteiger partial charge in [-0.3, -0.25) is 0 Å². The standard InChI is InChI=1S/C23H21FN2O3S/c1-30(27,28)21-13-9-18(10-14-21)23-22(17-7-11-19(24)12-8-17)25-15-26(23)16-29-20-5-3-2-4-6-20/h2-14,25H,15-16H2,1H3. The molecule has 0 atom stereocenters. The monoisotopic (exact) mass is 424 g/mol. The number of sulfone groups is 1. The van der Waals surface area contributed by atoms with Crippen LogP contribution in [0.25, 0.3) is 11.4 Å². The first-order valence-corrected chi connectivity index (χ1v) is 11.3. The van der Waals surface area contributed by atoms with Gasteiger partial charge in [0.05, 0.1) is 23.0 Å². The van der Waals surface area contributed by atoms with Crippen LogP contribution < -0.4 is 10.1 Å². The average molecular weight is 424 g/mol. The SMILES string of the molecule is CS(=O)(=O)c1ccc(C2=C(c3ccc(F)cc3)NCN2COc2ccccc2)cc1. The van der Waals surface area contributed by atoms with Gasteiger partial charge in [-0.1, -0.05) is 30.3 Å². The minimum absolute atomic E-state index is 0.258. The van der Waals surface area contributed by atoms with Crippen LogP contribution in [0.15, 0.2) is 83.8 Å². The van der Waals surface area contributed by atoms with Gasteiger partial charge in [-0.15, -0.1) is 0 Å². The quantitative estimate of drug-likeness (QED) is 0.649. The summed E-state index contributed by atoms with van der Waals surface area (Å²) in [6, 6.07) is 22.5. The third kappa shape index (κ3) is 4.31. The van der Waals surface area contributed by atoms with Crippen LogP contribution in [-0.2, 0) is 9.84 Å².